The molecule has 20 heavy (non-hydrogen) atoms. The largest absolute Gasteiger partial charge is 0.383 e. The Hall–Kier alpha value is -1.13. The molecule has 0 saturated carbocycles. The monoisotopic (exact) mass is 282 g/mol. The highest BCUT2D eigenvalue weighted by Gasteiger charge is 2.13. The average Bonchev–Trinajstić information content (AvgIpc) is 2.43. The van der Waals surface area contributed by atoms with Gasteiger partial charge in [0.1, 0.15) is 5.82 Å². The van der Waals surface area contributed by atoms with Crippen molar-refractivity contribution in [2.45, 2.75) is 39.3 Å². The van der Waals surface area contributed by atoms with Gasteiger partial charge < -0.3 is 15.0 Å². The summed E-state index contributed by atoms with van der Waals surface area (Å²) in [6.45, 7) is 6.46. The number of halogens is 1. The fourth-order valence-corrected chi connectivity index (χ4v) is 2.29. The van der Waals surface area contributed by atoms with Gasteiger partial charge in [0.2, 0.25) is 0 Å². The topological polar surface area (TPSA) is 24.5 Å². The molecule has 0 heterocycles. The molecule has 1 N–H and O–H groups in total. The first kappa shape index (κ1) is 16.9. The molecule has 0 radical (unpaired) electrons. The molecule has 0 bridgehead atoms. The highest BCUT2D eigenvalue weighted by atomic mass is 19.1. The predicted octanol–water partition coefficient (Wildman–Crippen LogP) is 3.19. The summed E-state index contributed by atoms with van der Waals surface area (Å²) in [7, 11) is 3.75. The fraction of sp³-hybridized carbons (Fsp3) is 0.625. The molecule has 0 saturated heterocycles. The van der Waals surface area contributed by atoms with Gasteiger partial charge in [-0.15, -0.1) is 0 Å². The van der Waals surface area contributed by atoms with E-state index in [9.17, 15) is 4.39 Å². The molecule has 0 amide bonds. The van der Waals surface area contributed by atoms with Crippen LogP contribution in [0.4, 0.5) is 10.1 Å². The number of hydrogen-bond acceptors (Lipinski definition) is 3. The minimum absolute atomic E-state index is 0.186. The molecule has 1 aromatic carbocycles. The third kappa shape index (κ3) is 5.10. The van der Waals surface area contributed by atoms with Crippen LogP contribution in [0.15, 0.2) is 18.2 Å². The van der Waals surface area contributed by atoms with E-state index in [1.165, 1.54) is 6.07 Å². The van der Waals surface area contributed by atoms with Crippen LogP contribution >= 0.6 is 0 Å². The number of ether oxygens (including phenoxy) is 1. The van der Waals surface area contributed by atoms with Crippen LogP contribution in [0, 0.1) is 5.82 Å². The van der Waals surface area contributed by atoms with Gasteiger partial charge in [-0.2, -0.15) is 0 Å². The van der Waals surface area contributed by atoms with E-state index in [0.29, 0.717) is 19.2 Å². The van der Waals surface area contributed by atoms with E-state index in [4.69, 9.17) is 4.74 Å². The van der Waals surface area contributed by atoms with E-state index in [1.807, 2.05) is 6.07 Å². The van der Waals surface area contributed by atoms with Crippen LogP contribution in [0.25, 0.3) is 0 Å². The van der Waals surface area contributed by atoms with Crippen LogP contribution in [0.5, 0.6) is 0 Å². The van der Waals surface area contributed by atoms with Crippen LogP contribution in [0.3, 0.4) is 0 Å². The molecule has 0 fully saturated rings. The third-order valence-electron chi connectivity index (χ3n) is 3.59. The highest BCUT2D eigenvalue weighted by Crippen LogP contribution is 2.23. The van der Waals surface area contributed by atoms with Crippen LogP contribution in [-0.4, -0.2) is 33.4 Å². The van der Waals surface area contributed by atoms with Gasteiger partial charge in [-0.25, -0.2) is 4.39 Å². The number of rotatable bonds is 9. The number of anilines is 1. The molecule has 4 heteroatoms. The smallest absolute Gasteiger partial charge is 0.123 e. The zero-order valence-corrected chi connectivity index (χ0v) is 13.1. The Bertz CT molecular complexity index is 398. The summed E-state index contributed by atoms with van der Waals surface area (Å²) in [6, 6.07) is 5.46. The van der Waals surface area contributed by atoms with Gasteiger partial charge in [0.15, 0.2) is 0 Å². The second-order valence-electron chi connectivity index (χ2n) is 5.19. The summed E-state index contributed by atoms with van der Waals surface area (Å²) in [4.78, 5) is 2.23. The van der Waals surface area contributed by atoms with Crippen molar-refractivity contribution in [2.75, 3.05) is 32.2 Å². The summed E-state index contributed by atoms with van der Waals surface area (Å²) in [5.74, 6) is -0.186. The molecule has 1 rings (SSSR count). The Balaban J connectivity index is 2.78. The molecular formula is C16H27FN2O. The van der Waals surface area contributed by atoms with Crippen molar-refractivity contribution >= 4 is 5.69 Å². The van der Waals surface area contributed by atoms with E-state index in [1.54, 1.807) is 13.2 Å². The first-order valence-corrected chi connectivity index (χ1v) is 7.31. The average molecular weight is 282 g/mol. The lowest BCUT2D eigenvalue weighted by Gasteiger charge is -2.29. The standard InChI is InChI=1S/C16H27FN2O/c1-5-6-13(2)19(3)16-8-7-15(17)11-14(16)12-18-9-10-20-4/h7-8,11,13,18H,5-6,9-10,12H2,1-4H3. The fourth-order valence-electron chi connectivity index (χ4n) is 2.29. The summed E-state index contributed by atoms with van der Waals surface area (Å²) in [5.41, 5.74) is 2.09. The molecule has 0 aliphatic heterocycles. The van der Waals surface area contributed by atoms with E-state index in [0.717, 1.165) is 30.6 Å². The molecule has 1 unspecified atom stereocenters. The van der Waals surface area contributed by atoms with E-state index >= 15 is 0 Å². The lowest BCUT2D eigenvalue weighted by molar-refractivity contribution is 0.199. The van der Waals surface area contributed by atoms with Crippen LogP contribution < -0.4 is 10.2 Å². The zero-order chi connectivity index (χ0) is 15.0. The van der Waals surface area contributed by atoms with Crippen molar-refractivity contribution in [3.05, 3.63) is 29.6 Å². The van der Waals surface area contributed by atoms with Gasteiger partial charge in [-0.1, -0.05) is 13.3 Å². The van der Waals surface area contributed by atoms with Crippen molar-refractivity contribution in [1.82, 2.24) is 5.32 Å². The zero-order valence-electron chi connectivity index (χ0n) is 13.1. The van der Waals surface area contributed by atoms with Gasteiger partial charge in [0.05, 0.1) is 6.61 Å². The first-order chi connectivity index (χ1) is 9.60. The maximum Gasteiger partial charge on any atom is 0.123 e. The summed E-state index contributed by atoms with van der Waals surface area (Å²) < 4.78 is 18.5. The predicted molar refractivity (Wildman–Crippen MR) is 82.8 cm³/mol. The molecule has 0 aromatic heterocycles. The van der Waals surface area contributed by atoms with Gasteiger partial charge in [0.25, 0.3) is 0 Å². The van der Waals surface area contributed by atoms with Crippen molar-refractivity contribution in [1.29, 1.82) is 0 Å². The lowest BCUT2D eigenvalue weighted by Crippen LogP contribution is -2.30. The van der Waals surface area contributed by atoms with Crippen molar-refractivity contribution in [3.8, 4) is 0 Å². The van der Waals surface area contributed by atoms with Gasteiger partial charge in [-0.3, -0.25) is 0 Å². The number of methoxy groups -OCH3 is 1. The minimum atomic E-state index is -0.186. The van der Waals surface area contributed by atoms with Crippen molar-refractivity contribution in [3.63, 3.8) is 0 Å². The Labute approximate surface area is 122 Å². The minimum Gasteiger partial charge on any atom is -0.383 e. The van der Waals surface area contributed by atoms with Crippen LogP contribution in [0.2, 0.25) is 0 Å². The number of nitrogens with zero attached hydrogens (tertiary/aromatic N) is 1. The highest BCUT2D eigenvalue weighted by molar-refractivity contribution is 5.54. The second kappa shape index (κ2) is 8.93. The Morgan fingerprint density at radius 2 is 2.15 bits per heavy atom. The molecule has 1 atom stereocenters. The number of hydrogen-bond donors (Lipinski definition) is 1. The van der Waals surface area contributed by atoms with E-state index in [2.05, 4.69) is 31.1 Å². The van der Waals surface area contributed by atoms with Gasteiger partial charge in [0, 0.05) is 39.0 Å². The first-order valence-electron chi connectivity index (χ1n) is 7.31. The van der Waals surface area contributed by atoms with E-state index in [-0.39, 0.29) is 5.82 Å². The van der Waals surface area contributed by atoms with Crippen LogP contribution in [0.1, 0.15) is 32.3 Å². The van der Waals surface area contributed by atoms with Crippen molar-refractivity contribution < 1.29 is 9.13 Å². The molecule has 0 aliphatic carbocycles. The summed E-state index contributed by atoms with van der Waals surface area (Å²) in [6.07, 6.45) is 2.28. The molecule has 114 valence electrons. The molecule has 1 aromatic rings. The maximum absolute atomic E-state index is 13.5. The molecular weight excluding hydrogens is 255 g/mol. The lowest BCUT2D eigenvalue weighted by atomic mass is 10.1. The third-order valence-corrected chi connectivity index (χ3v) is 3.59. The summed E-state index contributed by atoms with van der Waals surface area (Å²) in [5, 5.41) is 3.28. The second-order valence-corrected chi connectivity index (χ2v) is 5.19. The van der Waals surface area contributed by atoms with Crippen molar-refractivity contribution in [2.24, 2.45) is 0 Å². The number of benzene rings is 1. The Morgan fingerprint density at radius 3 is 2.80 bits per heavy atom. The Morgan fingerprint density at radius 1 is 1.40 bits per heavy atom. The SMILES string of the molecule is CCCC(C)N(C)c1ccc(F)cc1CNCCOC. The van der Waals surface area contributed by atoms with E-state index < -0.39 is 0 Å². The Kier molecular flexibility index (Phi) is 7.55. The molecule has 0 spiro atoms. The number of nitrogens with one attached hydrogen (secondary N) is 1. The van der Waals surface area contributed by atoms with Gasteiger partial charge >= 0.3 is 0 Å². The molecule has 0 aliphatic rings. The quantitative estimate of drug-likeness (QED) is 0.704. The summed E-state index contributed by atoms with van der Waals surface area (Å²) >= 11 is 0. The van der Waals surface area contributed by atoms with Crippen LogP contribution in [-0.2, 0) is 11.3 Å². The maximum atomic E-state index is 13.5. The van der Waals surface area contributed by atoms with Gasteiger partial charge in [-0.05, 0) is 37.1 Å². The molecule has 3 nitrogen and oxygen atoms in total. The normalized spacial score (nSPS) is 12.4.